The van der Waals surface area contributed by atoms with Crippen molar-refractivity contribution in [2.45, 2.75) is 189 Å². The highest BCUT2D eigenvalue weighted by atomic mass is 32.1. The molecule has 2 aliphatic heterocycles. The standard InChI is InChI=1S/C77H86BN3S/c1-46-38-65-69-66(39-46)81(62-43-57-55(40-47(62)2)74(12,13)36-37-75(57,14)15)64-44-58-56(76(16,17)45-77(58,18)19)42-60(64)78(69)59-34-32-52(79(50-28-24-48(25-29-50)71(3,4)5)51-30-26-49(27-31-51)72(6,7)8)41-63(59)80(65)61-35-33-54-53-22-20-21-23-67(53)82-70(54)68(61)73(9,10)11/h20-35,38-44H,36-37,45H2,1-19H3/i1D3. The fraction of sp³-hybridized carbons (Fsp3) is 0.377. The zero-order chi connectivity index (χ0) is 60.8. The van der Waals surface area contributed by atoms with Gasteiger partial charge in [0.2, 0.25) is 0 Å². The summed E-state index contributed by atoms with van der Waals surface area (Å²) >= 11 is 1.87. The van der Waals surface area contributed by atoms with Crippen LogP contribution in [0.3, 0.4) is 0 Å². The van der Waals surface area contributed by atoms with E-state index in [0.29, 0.717) is 5.56 Å². The number of aryl methyl sites for hydroxylation is 2. The molecular formula is C77H86BN3S. The first kappa shape index (κ1) is 51.1. The lowest BCUT2D eigenvalue weighted by atomic mass is 9.33. The predicted molar refractivity (Wildman–Crippen MR) is 360 cm³/mol. The Morgan fingerprint density at radius 3 is 1.56 bits per heavy atom. The molecule has 5 heteroatoms. The molecule has 0 bridgehead atoms. The Bertz CT molecular complexity index is 4170. The van der Waals surface area contributed by atoms with Crippen molar-refractivity contribution < 1.29 is 4.11 Å². The second-order valence-corrected chi connectivity index (χ2v) is 31.8. The van der Waals surface area contributed by atoms with Crippen molar-refractivity contribution in [3.8, 4) is 0 Å². The Morgan fingerprint density at radius 1 is 0.476 bits per heavy atom. The van der Waals surface area contributed by atoms with Crippen LogP contribution in [-0.2, 0) is 37.9 Å². The molecule has 8 aromatic carbocycles. The third kappa shape index (κ3) is 8.46. The number of anilines is 9. The number of fused-ring (bicyclic) bond motifs is 9. The summed E-state index contributed by atoms with van der Waals surface area (Å²) in [7, 11) is 0. The van der Waals surface area contributed by atoms with E-state index in [9.17, 15) is 4.11 Å². The Balaban J connectivity index is 1.17. The lowest BCUT2D eigenvalue weighted by Crippen LogP contribution is -2.61. The molecule has 82 heavy (non-hydrogen) atoms. The number of rotatable bonds is 5. The smallest absolute Gasteiger partial charge is 0.252 e. The molecule has 1 aromatic heterocycles. The van der Waals surface area contributed by atoms with E-state index < -0.39 is 6.85 Å². The summed E-state index contributed by atoms with van der Waals surface area (Å²) in [4.78, 5) is 7.45. The van der Waals surface area contributed by atoms with E-state index in [0.717, 1.165) is 75.9 Å². The van der Waals surface area contributed by atoms with E-state index in [1.165, 1.54) is 75.6 Å². The SMILES string of the molecule is [2H]C([2H])([2H])c1cc2c3c(c1)N(c1ccc4c(sc5ccccc54)c1C(C)(C)C)c1cc(N(c4ccc(C(C)(C)C)cc4)c4ccc(C(C)(C)C)cc4)ccc1B3c1cc3c(cc1N2c1cc2c(cc1C)C(C)(C)CCC2(C)C)C(C)(C)CC3(C)C. The van der Waals surface area contributed by atoms with Crippen LogP contribution in [0.2, 0.25) is 0 Å². The van der Waals surface area contributed by atoms with Gasteiger partial charge < -0.3 is 14.7 Å². The monoisotopic (exact) mass is 1100 g/mol. The van der Waals surface area contributed by atoms with Crippen LogP contribution >= 0.6 is 11.3 Å². The van der Waals surface area contributed by atoms with Gasteiger partial charge in [-0.2, -0.15) is 0 Å². The molecule has 0 atom stereocenters. The minimum absolute atomic E-state index is 0.0144. The Kier molecular flexibility index (Phi) is 11.2. The van der Waals surface area contributed by atoms with Crippen molar-refractivity contribution in [3.63, 3.8) is 0 Å². The second-order valence-electron chi connectivity index (χ2n) is 30.7. The lowest BCUT2D eigenvalue weighted by Gasteiger charge is -2.47. The van der Waals surface area contributed by atoms with Crippen LogP contribution in [0, 0.1) is 13.8 Å². The molecule has 0 spiro atoms. The molecule has 0 fully saturated rings. The first-order valence-corrected chi connectivity index (χ1v) is 31.1. The van der Waals surface area contributed by atoms with Gasteiger partial charge in [-0.15, -0.1) is 11.3 Å². The maximum Gasteiger partial charge on any atom is 0.252 e. The average molecular weight is 1100 g/mol. The van der Waals surface area contributed by atoms with Crippen molar-refractivity contribution in [3.05, 3.63) is 190 Å². The number of thiophene rings is 1. The van der Waals surface area contributed by atoms with Crippen LogP contribution < -0.4 is 31.1 Å². The maximum atomic E-state index is 9.51. The maximum absolute atomic E-state index is 9.51. The van der Waals surface area contributed by atoms with Crippen molar-refractivity contribution in [1.29, 1.82) is 0 Å². The predicted octanol–water partition coefficient (Wildman–Crippen LogP) is 20.4. The van der Waals surface area contributed by atoms with Gasteiger partial charge in [0, 0.05) is 69.8 Å². The van der Waals surface area contributed by atoms with E-state index in [4.69, 9.17) is 0 Å². The van der Waals surface area contributed by atoms with Gasteiger partial charge in [-0.25, -0.2) is 0 Å². The molecule has 0 amide bonds. The minimum atomic E-state index is -2.43. The molecule has 3 nitrogen and oxygen atoms in total. The molecule has 0 unspecified atom stereocenters. The van der Waals surface area contributed by atoms with Crippen LogP contribution in [0.1, 0.15) is 191 Å². The summed E-state index contributed by atoms with van der Waals surface area (Å²) in [6.45, 7) is 39.7. The second kappa shape index (κ2) is 18.0. The molecule has 2 aliphatic carbocycles. The third-order valence-corrected chi connectivity index (χ3v) is 20.9. The molecule has 0 saturated carbocycles. The number of hydrogen-bond acceptors (Lipinski definition) is 4. The summed E-state index contributed by atoms with van der Waals surface area (Å²) in [5.41, 5.74) is 23.3. The van der Waals surface area contributed by atoms with Gasteiger partial charge in [0.05, 0.1) is 5.69 Å². The molecule has 4 aliphatic rings. The van der Waals surface area contributed by atoms with Crippen LogP contribution in [-0.4, -0.2) is 6.71 Å². The van der Waals surface area contributed by atoms with Gasteiger partial charge in [-0.3, -0.25) is 0 Å². The van der Waals surface area contributed by atoms with Gasteiger partial charge in [0.1, 0.15) is 0 Å². The van der Waals surface area contributed by atoms with Gasteiger partial charge in [-0.05, 0) is 210 Å². The van der Waals surface area contributed by atoms with Crippen molar-refractivity contribution in [2.24, 2.45) is 0 Å². The summed E-state index contributed by atoms with van der Waals surface area (Å²) in [6.07, 6.45) is 3.24. The Morgan fingerprint density at radius 2 is 0.988 bits per heavy atom. The molecule has 0 saturated heterocycles. The average Bonchev–Trinajstić information content (AvgIpc) is 1.47. The zero-order valence-electron chi connectivity index (χ0n) is 55.2. The summed E-state index contributed by atoms with van der Waals surface area (Å²) < 4.78 is 31.0. The van der Waals surface area contributed by atoms with Crippen LogP contribution in [0.4, 0.5) is 51.2 Å². The summed E-state index contributed by atoms with van der Waals surface area (Å²) in [5, 5.41) is 2.50. The van der Waals surface area contributed by atoms with Gasteiger partial charge in [-0.1, -0.05) is 184 Å². The van der Waals surface area contributed by atoms with Crippen molar-refractivity contribution in [1.82, 2.24) is 0 Å². The minimum Gasteiger partial charge on any atom is -0.311 e. The van der Waals surface area contributed by atoms with Gasteiger partial charge in [0.25, 0.3) is 6.71 Å². The highest BCUT2D eigenvalue weighted by Crippen LogP contribution is 2.56. The van der Waals surface area contributed by atoms with E-state index >= 15 is 0 Å². The summed E-state index contributed by atoms with van der Waals surface area (Å²) in [5.74, 6) is 0. The highest BCUT2D eigenvalue weighted by Gasteiger charge is 2.49. The fourth-order valence-corrected chi connectivity index (χ4v) is 16.9. The normalized spacial score (nSPS) is 18.1. The van der Waals surface area contributed by atoms with Crippen LogP contribution in [0.15, 0.2) is 140 Å². The molecular weight excluding hydrogens is 1010 g/mol. The zero-order valence-corrected chi connectivity index (χ0v) is 53.0. The fourth-order valence-electron chi connectivity index (χ4n) is 15.4. The Hall–Kier alpha value is -6.56. The van der Waals surface area contributed by atoms with E-state index in [2.05, 4.69) is 279 Å². The number of nitrogens with zero attached hydrogens (tertiary/aromatic N) is 3. The summed E-state index contributed by atoms with van der Waals surface area (Å²) in [6, 6.07) is 53.3. The van der Waals surface area contributed by atoms with Crippen LogP contribution in [0.5, 0.6) is 0 Å². The first-order valence-electron chi connectivity index (χ1n) is 31.8. The van der Waals surface area contributed by atoms with Gasteiger partial charge in [0.15, 0.2) is 0 Å². The molecule has 418 valence electrons. The van der Waals surface area contributed by atoms with Gasteiger partial charge >= 0.3 is 0 Å². The lowest BCUT2D eigenvalue weighted by molar-refractivity contribution is 0.332. The highest BCUT2D eigenvalue weighted by molar-refractivity contribution is 7.26. The molecule has 3 heterocycles. The quantitative estimate of drug-likeness (QED) is 0.159. The van der Waals surface area contributed by atoms with Crippen LogP contribution in [0.25, 0.3) is 20.2 Å². The molecule has 9 aromatic rings. The van der Waals surface area contributed by atoms with Crippen molar-refractivity contribution in [2.75, 3.05) is 14.7 Å². The molecule has 13 rings (SSSR count). The third-order valence-electron chi connectivity index (χ3n) is 19.7. The topological polar surface area (TPSA) is 9.72 Å². The molecule has 0 N–H and O–H groups in total. The van der Waals surface area contributed by atoms with E-state index in [1.54, 1.807) is 0 Å². The number of benzene rings is 8. The Labute approximate surface area is 500 Å². The van der Waals surface area contributed by atoms with Crippen molar-refractivity contribution >= 4 is 106 Å². The first-order chi connectivity index (χ1) is 39.5. The van der Waals surface area contributed by atoms with E-state index in [-0.39, 0.29) is 44.6 Å². The van der Waals surface area contributed by atoms with E-state index in [1.807, 2.05) is 11.3 Å². The number of hydrogen-bond donors (Lipinski definition) is 0. The molecule has 0 radical (unpaired) electrons. The largest absolute Gasteiger partial charge is 0.311 e.